The molecule has 1 fully saturated rings. The Morgan fingerprint density at radius 2 is 2.11 bits per heavy atom. The van der Waals surface area contributed by atoms with Gasteiger partial charge in [-0.15, -0.1) is 0 Å². The summed E-state index contributed by atoms with van der Waals surface area (Å²) in [5.74, 6) is 0.106. The van der Waals surface area contributed by atoms with Gasteiger partial charge in [-0.1, -0.05) is 12.1 Å². The molecular formula is C14H19NO3. The van der Waals surface area contributed by atoms with E-state index in [0.29, 0.717) is 0 Å². The normalized spacial score (nSPS) is 21.8. The van der Waals surface area contributed by atoms with Crippen LogP contribution in [0, 0.1) is 0 Å². The van der Waals surface area contributed by atoms with Gasteiger partial charge in [-0.2, -0.15) is 0 Å². The topological polar surface area (TPSA) is 49.8 Å². The highest BCUT2D eigenvalue weighted by Crippen LogP contribution is 2.30. The monoisotopic (exact) mass is 249 g/mol. The van der Waals surface area contributed by atoms with Crippen molar-refractivity contribution < 1.29 is 14.6 Å². The molecule has 2 unspecified atom stereocenters. The lowest BCUT2D eigenvalue weighted by Gasteiger charge is -2.28. The van der Waals surface area contributed by atoms with Gasteiger partial charge in [0.15, 0.2) is 0 Å². The predicted octanol–water partition coefficient (Wildman–Crippen LogP) is 2.31. The fourth-order valence-corrected chi connectivity index (χ4v) is 2.59. The first-order valence-electron chi connectivity index (χ1n) is 6.26. The maximum atomic E-state index is 11.2. The Balaban J connectivity index is 2.14. The Kier molecular flexibility index (Phi) is 3.87. The predicted molar refractivity (Wildman–Crippen MR) is 68.8 cm³/mol. The zero-order valence-electron chi connectivity index (χ0n) is 10.8. The second-order valence-electron chi connectivity index (χ2n) is 4.68. The van der Waals surface area contributed by atoms with Crippen LogP contribution >= 0.6 is 0 Å². The van der Waals surface area contributed by atoms with Gasteiger partial charge in [0.2, 0.25) is 0 Å². The number of carbonyl (C=O) groups is 1. The Hall–Kier alpha value is -1.55. The number of carboxylic acid groups (broad SMARTS) is 1. The van der Waals surface area contributed by atoms with Crippen LogP contribution in [-0.2, 0) is 4.79 Å². The highest BCUT2D eigenvalue weighted by molar-refractivity contribution is 5.73. The largest absolute Gasteiger partial charge is 0.497 e. The number of methoxy groups -OCH3 is 1. The molecule has 1 aliphatic rings. The van der Waals surface area contributed by atoms with Crippen molar-refractivity contribution in [3.8, 4) is 5.75 Å². The van der Waals surface area contributed by atoms with Crippen LogP contribution in [0.4, 0.5) is 0 Å². The number of likely N-dealkylation sites (tertiary alicyclic amines) is 1. The summed E-state index contributed by atoms with van der Waals surface area (Å²) in [4.78, 5) is 13.2. The minimum Gasteiger partial charge on any atom is -0.497 e. The summed E-state index contributed by atoms with van der Waals surface area (Å²) < 4.78 is 5.13. The van der Waals surface area contributed by atoms with E-state index < -0.39 is 5.97 Å². The molecule has 2 atom stereocenters. The van der Waals surface area contributed by atoms with E-state index in [9.17, 15) is 9.90 Å². The number of aliphatic carboxylic acids is 1. The Morgan fingerprint density at radius 1 is 1.44 bits per heavy atom. The molecule has 0 aliphatic carbocycles. The summed E-state index contributed by atoms with van der Waals surface area (Å²) in [5, 5.41) is 9.20. The van der Waals surface area contributed by atoms with Crippen LogP contribution < -0.4 is 4.74 Å². The SMILES string of the molecule is COc1ccc(C(C)N2CCCC2C(=O)O)cc1. The van der Waals surface area contributed by atoms with Gasteiger partial charge in [0.05, 0.1) is 7.11 Å². The molecule has 0 aromatic heterocycles. The average Bonchev–Trinajstić information content (AvgIpc) is 2.87. The number of rotatable bonds is 4. The van der Waals surface area contributed by atoms with Crippen LogP contribution in [0.5, 0.6) is 5.75 Å². The smallest absolute Gasteiger partial charge is 0.320 e. The number of hydrogen-bond acceptors (Lipinski definition) is 3. The van der Waals surface area contributed by atoms with Gasteiger partial charge < -0.3 is 9.84 Å². The number of hydrogen-bond donors (Lipinski definition) is 1. The van der Waals surface area contributed by atoms with Crippen LogP contribution in [-0.4, -0.2) is 35.7 Å². The Morgan fingerprint density at radius 3 is 2.67 bits per heavy atom. The molecule has 1 aromatic carbocycles. The van der Waals surface area contributed by atoms with Gasteiger partial charge in [-0.05, 0) is 44.0 Å². The molecule has 0 radical (unpaired) electrons. The lowest BCUT2D eigenvalue weighted by Crippen LogP contribution is -2.37. The summed E-state index contributed by atoms with van der Waals surface area (Å²) in [6, 6.07) is 7.61. The molecule has 0 saturated carbocycles. The third-order valence-electron chi connectivity index (χ3n) is 3.67. The third-order valence-corrected chi connectivity index (χ3v) is 3.67. The van der Waals surface area contributed by atoms with Crippen molar-refractivity contribution in [2.45, 2.75) is 31.8 Å². The van der Waals surface area contributed by atoms with E-state index in [-0.39, 0.29) is 12.1 Å². The fourth-order valence-electron chi connectivity index (χ4n) is 2.59. The molecule has 18 heavy (non-hydrogen) atoms. The van der Waals surface area contributed by atoms with Gasteiger partial charge in [0.1, 0.15) is 11.8 Å². The van der Waals surface area contributed by atoms with Crippen molar-refractivity contribution in [1.29, 1.82) is 0 Å². The van der Waals surface area contributed by atoms with Crippen molar-refractivity contribution in [1.82, 2.24) is 4.90 Å². The summed E-state index contributed by atoms with van der Waals surface area (Å²) in [5.41, 5.74) is 1.13. The Labute approximate surface area is 107 Å². The van der Waals surface area contributed by atoms with E-state index in [1.165, 1.54) is 0 Å². The molecule has 2 rings (SSSR count). The minimum atomic E-state index is -0.715. The standard InChI is InChI=1S/C14H19NO3/c1-10(11-5-7-12(18-2)8-6-11)15-9-3-4-13(15)14(16)17/h5-8,10,13H,3-4,9H2,1-2H3,(H,16,17). The van der Waals surface area contributed by atoms with Crippen molar-refractivity contribution >= 4 is 5.97 Å². The quantitative estimate of drug-likeness (QED) is 0.889. The molecule has 0 amide bonds. The van der Waals surface area contributed by atoms with Gasteiger partial charge >= 0.3 is 5.97 Å². The average molecular weight is 249 g/mol. The second-order valence-corrected chi connectivity index (χ2v) is 4.68. The number of carboxylic acids is 1. The van der Waals surface area contributed by atoms with E-state index >= 15 is 0 Å². The summed E-state index contributed by atoms with van der Waals surface area (Å²) >= 11 is 0. The number of nitrogens with zero attached hydrogens (tertiary/aromatic N) is 1. The van der Waals surface area contributed by atoms with E-state index in [4.69, 9.17) is 4.74 Å². The first-order chi connectivity index (χ1) is 8.63. The first kappa shape index (κ1) is 12.9. The summed E-state index contributed by atoms with van der Waals surface area (Å²) in [6.07, 6.45) is 1.70. The molecule has 1 saturated heterocycles. The van der Waals surface area contributed by atoms with Crippen molar-refractivity contribution in [3.05, 3.63) is 29.8 Å². The zero-order valence-corrected chi connectivity index (χ0v) is 10.8. The van der Waals surface area contributed by atoms with Crippen LogP contribution in [0.15, 0.2) is 24.3 Å². The number of benzene rings is 1. The van der Waals surface area contributed by atoms with Gasteiger partial charge in [0.25, 0.3) is 0 Å². The molecule has 4 nitrogen and oxygen atoms in total. The maximum Gasteiger partial charge on any atom is 0.320 e. The van der Waals surface area contributed by atoms with Crippen LogP contribution in [0.2, 0.25) is 0 Å². The second kappa shape index (κ2) is 5.40. The summed E-state index contributed by atoms with van der Waals surface area (Å²) in [7, 11) is 1.64. The number of ether oxygens (including phenoxy) is 1. The van der Waals surface area contributed by atoms with Gasteiger partial charge in [0, 0.05) is 6.04 Å². The van der Waals surface area contributed by atoms with Gasteiger partial charge in [-0.25, -0.2) is 0 Å². The van der Waals surface area contributed by atoms with Gasteiger partial charge in [-0.3, -0.25) is 9.69 Å². The first-order valence-corrected chi connectivity index (χ1v) is 6.26. The molecule has 1 aromatic rings. The third kappa shape index (κ3) is 2.48. The zero-order chi connectivity index (χ0) is 13.1. The molecule has 1 aliphatic heterocycles. The van der Waals surface area contributed by atoms with Crippen LogP contribution in [0.25, 0.3) is 0 Å². The van der Waals surface area contributed by atoms with Crippen LogP contribution in [0.1, 0.15) is 31.4 Å². The van der Waals surface area contributed by atoms with Crippen molar-refractivity contribution in [3.63, 3.8) is 0 Å². The Bertz CT molecular complexity index is 416. The lowest BCUT2D eigenvalue weighted by atomic mass is 10.1. The molecule has 4 heteroatoms. The van der Waals surface area contributed by atoms with E-state index in [1.807, 2.05) is 24.3 Å². The van der Waals surface area contributed by atoms with E-state index in [0.717, 1.165) is 30.7 Å². The minimum absolute atomic E-state index is 0.125. The lowest BCUT2D eigenvalue weighted by molar-refractivity contribution is -0.142. The van der Waals surface area contributed by atoms with Crippen molar-refractivity contribution in [2.75, 3.05) is 13.7 Å². The van der Waals surface area contributed by atoms with Crippen molar-refractivity contribution in [2.24, 2.45) is 0 Å². The van der Waals surface area contributed by atoms with E-state index in [2.05, 4.69) is 11.8 Å². The highest BCUT2D eigenvalue weighted by atomic mass is 16.5. The molecule has 1 heterocycles. The molecule has 0 spiro atoms. The van der Waals surface area contributed by atoms with E-state index in [1.54, 1.807) is 7.11 Å². The molecule has 0 bridgehead atoms. The van der Waals surface area contributed by atoms with Crippen LogP contribution in [0.3, 0.4) is 0 Å². The fraction of sp³-hybridized carbons (Fsp3) is 0.500. The maximum absolute atomic E-state index is 11.2. The highest BCUT2D eigenvalue weighted by Gasteiger charge is 2.33. The molecular weight excluding hydrogens is 230 g/mol. The molecule has 1 N–H and O–H groups in total. The molecule has 98 valence electrons. The summed E-state index contributed by atoms with van der Waals surface area (Å²) in [6.45, 7) is 2.91.